The van der Waals surface area contributed by atoms with Crippen molar-refractivity contribution in [1.29, 1.82) is 0 Å². The van der Waals surface area contributed by atoms with Crippen LogP contribution in [0.15, 0.2) is 0 Å². The topological polar surface area (TPSA) is 40.3 Å². The van der Waals surface area contributed by atoms with E-state index in [1.54, 1.807) is 0 Å². The highest BCUT2D eigenvalue weighted by atomic mass is 16.6. The summed E-state index contributed by atoms with van der Waals surface area (Å²) in [5.41, 5.74) is 0.163. The molecule has 1 fully saturated rings. The molecule has 0 bridgehead atoms. The summed E-state index contributed by atoms with van der Waals surface area (Å²) in [6.07, 6.45) is 0.837. The van der Waals surface area contributed by atoms with Crippen molar-refractivity contribution in [2.75, 3.05) is 0 Å². The molecule has 0 saturated heterocycles. The molecule has 1 aliphatic carbocycles. The quantitative estimate of drug-likeness (QED) is 0.568. The van der Waals surface area contributed by atoms with E-state index in [-0.39, 0.29) is 16.4 Å². The Morgan fingerprint density at radius 1 is 1.50 bits per heavy atom. The second kappa shape index (κ2) is 1.94. The van der Waals surface area contributed by atoms with Crippen LogP contribution in [-0.2, 0) is 0 Å². The highest BCUT2D eigenvalue weighted by Gasteiger charge is 2.57. The Hall–Kier alpha value is -0.600. The Labute approximate surface area is 60.6 Å². The zero-order chi connectivity index (χ0) is 7.94. The molecule has 1 rings (SSSR count). The lowest BCUT2D eigenvalue weighted by molar-refractivity contribution is -0.803. The number of nitrogens with zero attached hydrogens (tertiary/aromatic N) is 1. The van der Waals surface area contributed by atoms with Gasteiger partial charge in [0, 0.05) is 12.3 Å². The van der Waals surface area contributed by atoms with Gasteiger partial charge in [-0.25, -0.2) is 5.21 Å². The van der Waals surface area contributed by atoms with Gasteiger partial charge in [0.2, 0.25) is 4.92 Å². The Morgan fingerprint density at radius 2 is 2.00 bits per heavy atom. The maximum Gasteiger partial charge on any atom is 0.261 e. The molecular formula is C7H14NO2+. The smallest absolute Gasteiger partial charge is 0.246 e. The third-order valence-electron chi connectivity index (χ3n) is 2.15. The SMILES string of the molecule is CC(C)(C)[C@H]1C[C@@H]1[N+](=O)O. The summed E-state index contributed by atoms with van der Waals surface area (Å²) in [4.78, 5) is 10.4. The van der Waals surface area contributed by atoms with Crippen LogP contribution in [0.1, 0.15) is 27.2 Å². The van der Waals surface area contributed by atoms with E-state index < -0.39 is 0 Å². The first-order valence-corrected chi connectivity index (χ1v) is 3.58. The Morgan fingerprint density at radius 3 is 2.10 bits per heavy atom. The molecule has 0 radical (unpaired) electrons. The minimum atomic E-state index is -0.139. The van der Waals surface area contributed by atoms with Crippen LogP contribution in [0.3, 0.4) is 0 Å². The van der Waals surface area contributed by atoms with Gasteiger partial charge in [-0.2, -0.15) is 0 Å². The highest BCUT2D eigenvalue weighted by Crippen LogP contribution is 2.46. The minimum Gasteiger partial charge on any atom is -0.246 e. The van der Waals surface area contributed by atoms with Gasteiger partial charge in [0.15, 0.2) is 0 Å². The van der Waals surface area contributed by atoms with Crippen molar-refractivity contribution in [3.05, 3.63) is 4.91 Å². The van der Waals surface area contributed by atoms with Gasteiger partial charge in [-0.05, 0) is 5.41 Å². The van der Waals surface area contributed by atoms with Crippen LogP contribution in [0, 0.1) is 16.2 Å². The molecule has 0 aromatic carbocycles. The molecule has 1 saturated carbocycles. The first-order valence-electron chi connectivity index (χ1n) is 3.58. The Balaban J connectivity index is 2.46. The van der Waals surface area contributed by atoms with Gasteiger partial charge in [-0.15, -0.1) is 0 Å². The van der Waals surface area contributed by atoms with Gasteiger partial charge in [-0.1, -0.05) is 20.8 Å². The Kier molecular flexibility index (Phi) is 1.46. The van der Waals surface area contributed by atoms with Crippen molar-refractivity contribution in [2.24, 2.45) is 11.3 Å². The fourth-order valence-corrected chi connectivity index (χ4v) is 1.36. The van der Waals surface area contributed by atoms with Crippen molar-refractivity contribution >= 4 is 0 Å². The second-order valence-electron chi connectivity index (χ2n) is 4.08. The molecule has 0 aromatic rings. The summed E-state index contributed by atoms with van der Waals surface area (Å²) in [6.45, 7) is 6.25. The zero-order valence-electron chi connectivity index (χ0n) is 6.66. The fourth-order valence-electron chi connectivity index (χ4n) is 1.36. The summed E-state index contributed by atoms with van der Waals surface area (Å²) in [5, 5.41) is 8.50. The lowest BCUT2D eigenvalue weighted by Gasteiger charge is -2.14. The first kappa shape index (κ1) is 7.51. The van der Waals surface area contributed by atoms with Gasteiger partial charge in [0.1, 0.15) is 0 Å². The zero-order valence-corrected chi connectivity index (χ0v) is 6.66. The molecule has 10 heavy (non-hydrogen) atoms. The summed E-state index contributed by atoms with van der Waals surface area (Å²) in [7, 11) is 0. The standard InChI is InChI=1S/C7H14NO2/c1-7(2,3)5-4-6(5)8(9)10/h5-6H,4H2,1-3H3,(H,9,10)/q+1/t5-,6-/m0/s1. The third-order valence-corrected chi connectivity index (χ3v) is 2.15. The van der Waals surface area contributed by atoms with Crippen molar-refractivity contribution in [3.63, 3.8) is 0 Å². The molecule has 0 aliphatic heterocycles. The van der Waals surface area contributed by atoms with Crippen LogP contribution in [-0.4, -0.2) is 16.2 Å². The summed E-state index contributed by atoms with van der Waals surface area (Å²) >= 11 is 0. The molecule has 0 spiro atoms. The van der Waals surface area contributed by atoms with Gasteiger partial charge >= 0.3 is 0 Å². The molecule has 58 valence electrons. The van der Waals surface area contributed by atoms with Crippen LogP contribution in [0.25, 0.3) is 0 Å². The van der Waals surface area contributed by atoms with Crippen molar-refractivity contribution in [2.45, 2.75) is 33.2 Å². The average molecular weight is 144 g/mol. The lowest BCUT2D eigenvalue weighted by atomic mass is 9.90. The summed E-state index contributed by atoms with van der Waals surface area (Å²) < 4.78 is 0. The maximum atomic E-state index is 10.3. The van der Waals surface area contributed by atoms with E-state index in [0.717, 1.165) is 6.42 Å². The molecule has 2 atom stereocenters. The van der Waals surface area contributed by atoms with E-state index in [4.69, 9.17) is 5.21 Å². The van der Waals surface area contributed by atoms with Crippen LogP contribution in [0.2, 0.25) is 0 Å². The van der Waals surface area contributed by atoms with Gasteiger partial charge in [0.25, 0.3) is 6.04 Å². The molecule has 0 unspecified atom stereocenters. The molecule has 3 nitrogen and oxygen atoms in total. The molecular weight excluding hydrogens is 130 g/mol. The summed E-state index contributed by atoms with van der Waals surface area (Å²) in [5.74, 6) is 0.370. The minimum absolute atomic E-state index is 0.0932. The lowest BCUT2D eigenvalue weighted by Crippen LogP contribution is -2.16. The van der Waals surface area contributed by atoms with Gasteiger partial charge in [0.05, 0.1) is 4.91 Å². The average Bonchev–Trinajstić information content (AvgIpc) is 2.35. The van der Waals surface area contributed by atoms with Crippen molar-refractivity contribution in [1.82, 2.24) is 0 Å². The molecule has 1 aliphatic rings. The van der Waals surface area contributed by atoms with Gasteiger partial charge < -0.3 is 0 Å². The maximum absolute atomic E-state index is 10.3. The van der Waals surface area contributed by atoms with Crippen LogP contribution in [0.5, 0.6) is 0 Å². The number of hydrogen-bond donors (Lipinski definition) is 1. The number of hydrogen-bond acceptors (Lipinski definition) is 1. The largest absolute Gasteiger partial charge is 0.261 e. The van der Waals surface area contributed by atoms with E-state index in [1.165, 1.54) is 0 Å². The van der Waals surface area contributed by atoms with E-state index in [2.05, 4.69) is 20.8 Å². The predicted molar refractivity (Wildman–Crippen MR) is 36.8 cm³/mol. The number of rotatable bonds is 1. The molecule has 0 amide bonds. The monoisotopic (exact) mass is 144 g/mol. The van der Waals surface area contributed by atoms with Crippen LogP contribution >= 0.6 is 0 Å². The van der Waals surface area contributed by atoms with E-state index >= 15 is 0 Å². The summed E-state index contributed by atoms with van der Waals surface area (Å²) in [6, 6.07) is -0.139. The first-order chi connectivity index (χ1) is 4.43. The molecule has 0 aromatic heterocycles. The van der Waals surface area contributed by atoms with E-state index in [0.29, 0.717) is 5.92 Å². The highest BCUT2D eigenvalue weighted by molar-refractivity contribution is 4.93. The normalized spacial score (nSPS) is 31.9. The van der Waals surface area contributed by atoms with Crippen molar-refractivity contribution in [3.8, 4) is 0 Å². The van der Waals surface area contributed by atoms with Crippen molar-refractivity contribution < 1.29 is 10.1 Å². The van der Waals surface area contributed by atoms with E-state index in [1.807, 2.05) is 0 Å². The van der Waals surface area contributed by atoms with E-state index in [9.17, 15) is 4.91 Å². The van der Waals surface area contributed by atoms with Gasteiger partial charge in [-0.3, -0.25) is 0 Å². The predicted octanol–water partition coefficient (Wildman–Crippen LogP) is 1.59. The fraction of sp³-hybridized carbons (Fsp3) is 1.00. The molecule has 0 heterocycles. The molecule has 1 N–H and O–H groups in total. The Bertz CT molecular complexity index is 159. The molecule has 3 heteroatoms. The van der Waals surface area contributed by atoms with Crippen LogP contribution in [0.4, 0.5) is 0 Å². The second-order valence-corrected chi connectivity index (χ2v) is 4.08. The van der Waals surface area contributed by atoms with Crippen LogP contribution < -0.4 is 0 Å². The third kappa shape index (κ3) is 1.28.